The van der Waals surface area contributed by atoms with Crippen molar-refractivity contribution >= 4 is 5.91 Å². The van der Waals surface area contributed by atoms with E-state index in [2.05, 4.69) is 20.6 Å². The van der Waals surface area contributed by atoms with Crippen molar-refractivity contribution in [2.75, 3.05) is 27.3 Å². The standard InChI is InChI=1S/C12H20N4O3/c1-5-13-8(2)6-14-10(17)9-11(18-3)15-7-16-12(9)19-4/h7-8,13H,5-6H2,1-4H3,(H,14,17)/t8-/m1/s1. The Morgan fingerprint density at radius 1 is 1.32 bits per heavy atom. The number of rotatable bonds is 7. The Kier molecular flexibility index (Phi) is 6.01. The maximum atomic E-state index is 12.1. The van der Waals surface area contributed by atoms with Crippen molar-refractivity contribution in [1.29, 1.82) is 0 Å². The van der Waals surface area contributed by atoms with Crippen LogP contribution in [0.25, 0.3) is 0 Å². The van der Waals surface area contributed by atoms with E-state index < -0.39 is 0 Å². The monoisotopic (exact) mass is 268 g/mol. The molecule has 1 heterocycles. The lowest BCUT2D eigenvalue weighted by Crippen LogP contribution is -2.39. The fourth-order valence-corrected chi connectivity index (χ4v) is 1.61. The van der Waals surface area contributed by atoms with Gasteiger partial charge in [-0.2, -0.15) is 0 Å². The van der Waals surface area contributed by atoms with Crippen LogP contribution in [-0.4, -0.2) is 49.2 Å². The van der Waals surface area contributed by atoms with Gasteiger partial charge in [-0.3, -0.25) is 4.79 Å². The number of hydrogen-bond donors (Lipinski definition) is 2. The molecular formula is C12H20N4O3. The number of nitrogens with zero attached hydrogens (tertiary/aromatic N) is 2. The second-order valence-electron chi connectivity index (χ2n) is 3.94. The first-order valence-electron chi connectivity index (χ1n) is 6.08. The van der Waals surface area contributed by atoms with E-state index in [4.69, 9.17) is 9.47 Å². The molecule has 0 unspecified atom stereocenters. The van der Waals surface area contributed by atoms with Crippen LogP contribution in [0.3, 0.4) is 0 Å². The van der Waals surface area contributed by atoms with E-state index >= 15 is 0 Å². The van der Waals surface area contributed by atoms with Crippen LogP contribution >= 0.6 is 0 Å². The van der Waals surface area contributed by atoms with Gasteiger partial charge in [0.2, 0.25) is 11.8 Å². The molecule has 0 radical (unpaired) electrons. The number of likely N-dealkylation sites (N-methyl/N-ethyl adjacent to an activating group) is 1. The molecule has 7 nitrogen and oxygen atoms in total. The molecule has 7 heteroatoms. The first-order chi connectivity index (χ1) is 9.13. The predicted octanol–water partition coefficient (Wildman–Crippen LogP) is 0.222. The molecule has 19 heavy (non-hydrogen) atoms. The van der Waals surface area contributed by atoms with Gasteiger partial charge in [-0.15, -0.1) is 0 Å². The highest BCUT2D eigenvalue weighted by molar-refractivity contribution is 5.98. The van der Waals surface area contributed by atoms with Crippen LogP contribution in [0, 0.1) is 0 Å². The first kappa shape index (κ1) is 15.2. The van der Waals surface area contributed by atoms with E-state index in [0.29, 0.717) is 6.54 Å². The average molecular weight is 268 g/mol. The second kappa shape index (κ2) is 7.52. The molecule has 0 spiro atoms. The molecule has 1 amide bonds. The van der Waals surface area contributed by atoms with Gasteiger partial charge in [-0.1, -0.05) is 6.92 Å². The molecule has 1 atom stereocenters. The number of carbonyl (C=O) groups excluding carboxylic acids is 1. The third-order valence-corrected chi connectivity index (χ3v) is 2.51. The third-order valence-electron chi connectivity index (χ3n) is 2.51. The van der Waals surface area contributed by atoms with E-state index in [-0.39, 0.29) is 29.3 Å². The molecule has 0 saturated heterocycles. The van der Waals surface area contributed by atoms with Gasteiger partial charge in [0.25, 0.3) is 5.91 Å². The van der Waals surface area contributed by atoms with E-state index in [1.165, 1.54) is 20.5 Å². The molecule has 1 aromatic heterocycles. The van der Waals surface area contributed by atoms with Gasteiger partial charge in [-0.25, -0.2) is 9.97 Å². The third kappa shape index (κ3) is 4.06. The fraction of sp³-hybridized carbons (Fsp3) is 0.583. The van der Waals surface area contributed by atoms with Crippen LogP contribution in [0.5, 0.6) is 11.8 Å². The Labute approximate surface area is 112 Å². The zero-order valence-corrected chi connectivity index (χ0v) is 11.7. The highest BCUT2D eigenvalue weighted by atomic mass is 16.5. The maximum Gasteiger partial charge on any atom is 0.262 e. The molecule has 0 aliphatic carbocycles. The molecule has 0 aliphatic rings. The quantitative estimate of drug-likeness (QED) is 0.736. The SMILES string of the molecule is CCN[C@H](C)CNC(=O)c1c(OC)ncnc1OC. The van der Waals surface area contributed by atoms with Crippen molar-refractivity contribution in [1.82, 2.24) is 20.6 Å². The van der Waals surface area contributed by atoms with E-state index in [1.807, 2.05) is 13.8 Å². The zero-order chi connectivity index (χ0) is 14.3. The number of ether oxygens (including phenoxy) is 2. The Morgan fingerprint density at radius 2 is 1.89 bits per heavy atom. The molecule has 0 saturated carbocycles. The van der Waals surface area contributed by atoms with E-state index in [1.54, 1.807) is 0 Å². The van der Waals surface area contributed by atoms with Crippen LogP contribution in [0.2, 0.25) is 0 Å². The molecule has 0 aliphatic heterocycles. The lowest BCUT2D eigenvalue weighted by Gasteiger charge is -2.14. The highest BCUT2D eigenvalue weighted by Gasteiger charge is 2.20. The molecule has 2 N–H and O–H groups in total. The highest BCUT2D eigenvalue weighted by Crippen LogP contribution is 2.22. The van der Waals surface area contributed by atoms with Crippen molar-refractivity contribution in [3.05, 3.63) is 11.9 Å². The molecular weight excluding hydrogens is 248 g/mol. The molecule has 0 bridgehead atoms. The maximum absolute atomic E-state index is 12.1. The van der Waals surface area contributed by atoms with Crippen molar-refractivity contribution in [2.24, 2.45) is 0 Å². The fourth-order valence-electron chi connectivity index (χ4n) is 1.61. The van der Waals surface area contributed by atoms with Crippen LogP contribution in [0.1, 0.15) is 24.2 Å². The number of methoxy groups -OCH3 is 2. The summed E-state index contributed by atoms with van der Waals surface area (Å²) in [4.78, 5) is 19.9. The number of hydrogen-bond acceptors (Lipinski definition) is 6. The molecule has 0 fully saturated rings. The van der Waals surface area contributed by atoms with Gasteiger partial charge in [-0.05, 0) is 13.5 Å². The topological polar surface area (TPSA) is 85.4 Å². The zero-order valence-electron chi connectivity index (χ0n) is 11.7. The van der Waals surface area contributed by atoms with Crippen molar-refractivity contribution in [3.63, 3.8) is 0 Å². The molecule has 1 rings (SSSR count). The van der Waals surface area contributed by atoms with Crippen LogP contribution in [-0.2, 0) is 0 Å². The van der Waals surface area contributed by atoms with Crippen molar-refractivity contribution in [2.45, 2.75) is 19.9 Å². The minimum Gasteiger partial charge on any atom is -0.480 e. The molecule has 0 aromatic carbocycles. The predicted molar refractivity (Wildman–Crippen MR) is 70.6 cm³/mol. The summed E-state index contributed by atoms with van der Waals surface area (Å²) in [6.45, 7) is 5.33. The Hall–Kier alpha value is -1.89. The number of amides is 1. The number of aromatic nitrogens is 2. The Balaban J connectivity index is 2.81. The van der Waals surface area contributed by atoms with Crippen LogP contribution < -0.4 is 20.1 Å². The second-order valence-corrected chi connectivity index (χ2v) is 3.94. The summed E-state index contributed by atoms with van der Waals surface area (Å²) in [5.74, 6) is 0.0694. The molecule has 106 valence electrons. The first-order valence-corrected chi connectivity index (χ1v) is 6.08. The summed E-state index contributed by atoms with van der Waals surface area (Å²) in [6.07, 6.45) is 1.29. The van der Waals surface area contributed by atoms with Gasteiger partial charge >= 0.3 is 0 Å². The summed E-state index contributed by atoms with van der Waals surface area (Å²) in [7, 11) is 2.89. The van der Waals surface area contributed by atoms with E-state index in [9.17, 15) is 4.79 Å². The smallest absolute Gasteiger partial charge is 0.262 e. The minimum atomic E-state index is -0.320. The van der Waals surface area contributed by atoms with Crippen LogP contribution in [0.4, 0.5) is 0 Å². The van der Waals surface area contributed by atoms with Gasteiger partial charge in [0.05, 0.1) is 14.2 Å². The van der Waals surface area contributed by atoms with Gasteiger partial charge in [0.1, 0.15) is 6.33 Å². The normalized spacial score (nSPS) is 11.8. The summed E-state index contributed by atoms with van der Waals surface area (Å²) in [5.41, 5.74) is 0.205. The van der Waals surface area contributed by atoms with Crippen molar-refractivity contribution < 1.29 is 14.3 Å². The lowest BCUT2D eigenvalue weighted by atomic mass is 10.2. The largest absolute Gasteiger partial charge is 0.480 e. The molecule has 1 aromatic rings. The Morgan fingerprint density at radius 3 is 2.37 bits per heavy atom. The van der Waals surface area contributed by atoms with Crippen LogP contribution in [0.15, 0.2) is 6.33 Å². The number of nitrogens with one attached hydrogen (secondary N) is 2. The van der Waals surface area contributed by atoms with Gasteiger partial charge < -0.3 is 20.1 Å². The van der Waals surface area contributed by atoms with Gasteiger partial charge in [0, 0.05) is 12.6 Å². The summed E-state index contributed by atoms with van der Waals surface area (Å²) in [5, 5.41) is 5.99. The van der Waals surface area contributed by atoms with Gasteiger partial charge in [0.15, 0.2) is 5.56 Å². The van der Waals surface area contributed by atoms with Crippen molar-refractivity contribution in [3.8, 4) is 11.8 Å². The summed E-state index contributed by atoms with van der Waals surface area (Å²) in [6, 6.07) is 0.176. The minimum absolute atomic E-state index is 0.176. The van der Waals surface area contributed by atoms with E-state index in [0.717, 1.165) is 6.54 Å². The Bertz CT molecular complexity index is 403. The summed E-state index contributed by atoms with van der Waals surface area (Å²) < 4.78 is 10.1. The average Bonchev–Trinajstić information content (AvgIpc) is 2.44. The number of carbonyl (C=O) groups is 1. The summed E-state index contributed by atoms with van der Waals surface area (Å²) >= 11 is 0. The lowest BCUT2D eigenvalue weighted by molar-refractivity contribution is 0.0942.